The maximum atomic E-state index is 7.08. The topological polar surface area (TPSA) is 23.8 Å². The molecule has 0 aromatic heterocycles. The predicted octanol–water partition coefficient (Wildman–Crippen LogP) is 3.94. The van der Waals surface area contributed by atoms with Gasteiger partial charge in [0.05, 0.1) is 0 Å². The summed E-state index contributed by atoms with van der Waals surface area (Å²) in [6, 6.07) is 0. The summed E-state index contributed by atoms with van der Waals surface area (Å²) in [5.74, 6) is 0. The fraction of sp³-hybridized carbons (Fsp3) is 1.00. The Balaban J connectivity index is 0. The molecule has 0 bridgehead atoms. The van der Waals surface area contributed by atoms with Crippen LogP contribution in [0.25, 0.3) is 5.40 Å². The van der Waals surface area contributed by atoms with Gasteiger partial charge in [-0.05, 0) is 0 Å². The molecule has 0 unspecified atom stereocenters. The summed E-state index contributed by atoms with van der Waals surface area (Å²) in [7, 11) is 13.6. The monoisotopic (exact) mass is 241 g/mol. The van der Waals surface area contributed by atoms with E-state index in [0.717, 1.165) is 0 Å². The van der Waals surface area contributed by atoms with Crippen LogP contribution in [0.4, 0.5) is 0 Å². The van der Waals surface area contributed by atoms with E-state index in [-0.39, 0.29) is 0 Å². The first-order valence-corrected chi connectivity index (χ1v) is 12.3. The van der Waals surface area contributed by atoms with E-state index in [1.165, 1.54) is 0 Å². The summed E-state index contributed by atoms with van der Waals surface area (Å²) in [5, 5.41) is 7.08. The van der Waals surface area contributed by atoms with Crippen LogP contribution in [0.3, 0.4) is 0 Å². The van der Waals surface area contributed by atoms with Crippen molar-refractivity contribution in [1.82, 2.24) is 0 Å². The van der Waals surface area contributed by atoms with Crippen LogP contribution in [0.2, 0.25) is 19.6 Å². The van der Waals surface area contributed by atoms with Gasteiger partial charge in [-0.3, -0.25) is 0 Å². The molecule has 6 heteroatoms. The summed E-state index contributed by atoms with van der Waals surface area (Å²) in [5.41, 5.74) is 0. The summed E-state index contributed by atoms with van der Waals surface area (Å²) in [6.45, 7) is 5.98. The van der Waals surface area contributed by atoms with E-state index in [1.807, 2.05) is 19.6 Å². The van der Waals surface area contributed by atoms with Crippen molar-refractivity contribution in [2.45, 2.75) is 19.6 Å². The quantitative estimate of drug-likeness (QED) is 0.575. The normalized spacial score (nSPS) is 9.67. The number of nitrogens with one attached hydrogen (secondary N) is 1. The predicted molar refractivity (Wildman–Crippen MR) is 45.2 cm³/mol. The van der Waals surface area contributed by atoms with Gasteiger partial charge in [0.2, 0.25) is 0 Å². The average Bonchev–Trinajstić information content (AvgIpc) is 1.19. The van der Waals surface area contributed by atoms with Gasteiger partial charge in [-0.1, -0.05) is 27.9 Å². The van der Waals surface area contributed by atoms with Crippen LogP contribution in [-0.4, -0.2) is 8.24 Å². The molecule has 0 atom stereocenters. The van der Waals surface area contributed by atoms with Crippen LogP contribution >= 0.6 is 27.9 Å². The molecule has 0 saturated heterocycles. The molecule has 0 rings (SSSR count). The molecule has 1 nitrogen and oxygen atoms in total. The van der Waals surface area contributed by atoms with Crippen LogP contribution in [0.1, 0.15) is 0 Å². The zero-order chi connectivity index (χ0) is 8.08. The Labute approximate surface area is 75.4 Å². The van der Waals surface area contributed by atoms with E-state index in [0.29, 0.717) is 0 Å². The third-order valence-corrected chi connectivity index (χ3v) is 0. The molecule has 0 aromatic rings. The Morgan fingerprint density at radius 2 is 1.11 bits per heavy atom. The van der Waals surface area contributed by atoms with Gasteiger partial charge in [-0.2, -0.15) is 0 Å². The van der Waals surface area contributed by atoms with Gasteiger partial charge in [0.15, 0.2) is 0 Å². The molecule has 1 N–H and O–H groups in total. The molecule has 0 fully saturated rings. The third kappa shape index (κ3) is 190. The molecule has 9 heavy (non-hydrogen) atoms. The van der Waals surface area contributed by atoms with Crippen molar-refractivity contribution in [2.24, 2.45) is 0 Å². The van der Waals surface area contributed by atoms with E-state index in [4.69, 9.17) is 33.3 Å². The summed E-state index contributed by atoms with van der Waals surface area (Å²) in [6.07, 6.45) is 0. The molecular formula is C3H10Cl3NSiTi. The van der Waals surface area contributed by atoms with Crippen molar-refractivity contribution in [3.63, 3.8) is 0 Å². The van der Waals surface area contributed by atoms with Gasteiger partial charge in [0.25, 0.3) is 0 Å². The number of hydrogen-bond acceptors (Lipinski definition) is 0. The molecule has 0 spiro atoms. The molecule has 0 aliphatic carbocycles. The van der Waals surface area contributed by atoms with Crippen LogP contribution in [0, 0.1) is 0 Å². The molecule has 0 saturated carbocycles. The second kappa shape index (κ2) is 6.47. The molecular weight excluding hydrogens is 232 g/mol. The Kier molecular flexibility index (Phi) is 9.60. The second-order valence-electron chi connectivity index (χ2n) is 2.46. The SMILES string of the molecule is C[Si](C)(C)[NH-].[Cl][Ti+]([Cl])[Cl]. The first-order valence-electron chi connectivity index (χ1n) is 2.32. The molecule has 0 heterocycles. The molecule has 0 amide bonds. The Hall–Kier alpha value is 1.76. The minimum absolute atomic E-state index is 1.36. The first-order chi connectivity index (χ1) is 3.73. The van der Waals surface area contributed by atoms with Gasteiger partial charge in [0, 0.05) is 0 Å². The Bertz CT molecular complexity index is 55.8. The van der Waals surface area contributed by atoms with Crippen molar-refractivity contribution < 1.29 is 14.7 Å². The van der Waals surface area contributed by atoms with Gasteiger partial charge >= 0.3 is 42.6 Å². The summed E-state index contributed by atoms with van der Waals surface area (Å²) < 4.78 is 0. The molecule has 0 aliphatic rings. The van der Waals surface area contributed by atoms with E-state index in [2.05, 4.69) is 0 Å². The molecule has 56 valence electrons. The van der Waals surface area contributed by atoms with Gasteiger partial charge in [0.1, 0.15) is 0 Å². The fourth-order valence-electron chi connectivity index (χ4n) is 0. The van der Waals surface area contributed by atoms with Crippen molar-refractivity contribution >= 4 is 36.2 Å². The first kappa shape index (κ1) is 13.4. The van der Waals surface area contributed by atoms with Gasteiger partial charge in [-0.25, -0.2) is 0 Å². The Morgan fingerprint density at radius 1 is 1.11 bits per heavy atom. The maximum absolute atomic E-state index is 7.08. The molecule has 0 aliphatic heterocycles. The number of hydrogen-bond donors (Lipinski definition) is 0. The van der Waals surface area contributed by atoms with Crippen molar-refractivity contribution in [1.29, 1.82) is 0 Å². The summed E-state index contributed by atoms with van der Waals surface area (Å²) >= 11 is -1.92. The van der Waals surface area contributed by atoms with E-state index in [1.54, 1.807) is 0 Å². The van der Waals surface area contributed by atoms with Crippen LogP contribution in [-0.2, 0) is 14.7 Å². The molecule has 0 aromatic carbocycles. The zero-order valence-electron chi connectivity index (χ0n) is 5.63. The van der Waals surface area contributed by atoms with Crippen LogP contribution in [0.5, 0.6) is 0 Å². The van der Waals surface area contributed by atoms with Crippen LogP contribution < -0.4 is 0 Å². The van der Waals surface area contributed by atoms with E-state index >= 15 is 0 Å². The third-order valence-electron chi connectivity index (χ3n) is 0. The standard InChI is InChI=1S/C3H10NSi.3ClH.Ti/c1-5(2,3)4;;;;/h4H,1-3H3;3*1H;/q-1;;;;+4/p-3. The van der Waals surface area contributed by atoms with Gasteiger partial charge < -0.3 is 5.40 Å². The summed E-state index contributed by atoms with van der Waals surface area (Å²) in [4.78, 5) is 0. The average molecular weight is 242 g/mol. The van der Waals surface area contributed by atoms with E-state index in [9.17, 15) is 0 Å². The van der Waals surface area contributed by atoms with Gasteiger partial charge in [-0.15, -0.1) is 0 Å². The molecule has 0 radical (unpaired) electrons. The van der Waals surface area contributed by atoms with Crippen molar-refractivity contribution in [3.05, 3.63) is 5.40 Å². The zero-order valence-corrected chi connectivity index (χ0v) is 10.5. The second-order valence-corrected chi connectivity index (χ2v) is 14.7. The van der Waals surface area contributed by atoms with E-state index < -0.39 is 22.9 Å². The van der Waals surface area contributed by atoms with Crippen molar-refractivity contribution in [3.8, 4) is 0 Å². The van der Waals surface area contributed by atoms with Crippen molar-refractivity contribution in [2.75, 3.05) is 0 Å². The fourth-order valence-corrected chi connectivity index (χ4v) is 0. The Morgan fingerprint density at radius 3 is 1.11 bits per heavy atom. The van der Waals surface area contributed by atoms with Crippen LogP contribution in [0.15, 0.2) is 0 Å². The number of rotatable bonds is 0. The minimum atomic E-state index is -1.92. The number of halogens is 3.